The van der Waals surface area contributed by atoms with Crippen LogP contribution in [0.25, 0.3) is 0 Å². The van der Waals surface area contributed by atoms with Gasteiger partial charge in [0.1, 0.15) is 0 Å². The SMILES string of the molecule is N#Cc1cc2c3c(c1)N(c1ccccc1)c1cc4c(cc1B3c1ccccc1N2c1ccccc1)B1c2cc3c(cc2N(c2ccccc2)c2cc(C#N)cc(c21)N4c1ccccc1)N(c1ccccc1)c1cc(C#N)cc2c1B3c1ccccc1N2c1ccccc1. The number of benzene rings is 13. The van der Waals surface area contributed by atoms with Crippen molar-refractivity contribution in [1.82, 2.24) is 0 Å². The van der Waals surface area contributed by atoms with E-state index in [0.29, 0.717) is 16.7 Å². The second-order valence-corrected chi connectivity index (χ2v) is 24.5. The molecule has 0 fully saturated rings. The van der Waals surface area contributed by atoms with Gasteiger partial charge in [0.25, 0.3) is 20.1 Å². The largest absolute Gasteiger partial charge is 0.311 e. The van der Waals surface area contributed by atoms with Gasteiger partial charge in [-0.1, -0.05) is 158 Å². The van der Waals surface area contributed by atoms with Crippen molar-refractivity contribution >= 4 is 172 Å². The highest BCUT2D eigenvalue weighted by Crippen LogP contribution is 2.52. The van der Waals surface area contributed by atoms with E-state index in [9.17, 15) is 15.8 Å². The van der Waals surface area contributed by atoms with Gasteiger partial charge in [0.15, 0.2) is 0 Å². The Hall–Kier alpha value is -12.7. The molecule has 0 saturated heterocycles. The third-order valence-corrected chi connectivity index (χ3v) is 19.7. The quantitative estimate of drug-likeness (QED) is 0.151. The maximum absolute atomic E-state index is 11.4. The molecule has 0 radical (unpaired) electrons. The molecule has 6 aliphatic rings. The number of fused-ring (bicyclic) bond motifs is 12. The van der Waals surface area contributed by atoms with Crippen molar-refractivity contribution in [3.8, 4) is 18.2 Å². The topological polar surface area (TPSA) is 90.8 Å². The van der Waals surface area contributed by atoms with E-state index in [1.165, 1.54) is 0 Å². The number of hydrogen-bond acceptors (Lipinski definition) is 9. The van der Waals surface area contributed by atoms with Crippen molar-refractivity contribution in [3.05, 3.63) is 308 Å². The fraction of sp³-hybridized carbons (Fsp3) is 0. The molecule has 13 aromatic carbocycles. The fourth-order valence-corrected chi connectivity index (χ4v) is 16.2. The van der Waals surface area contributed by atoms with Crippen LogP contribution >= 0.6 is 0 Å². The van der Waals surface area contributed by atoms with Crippen LogP contribution in [0, 0.1) is 34.0 Å². The average Bonchev–Trinajstić information content (AvgIpc) is 0.688. The van der Waals surface area contributed by atoms with Crippen molar-refractivity contribution in [2.24, 2.45) is 0 Å². The Labute approximate surface area is 539 Å². The Bertz CT molecular complexity index is 5120. The fourth-order valence-electron chi connectivity index (χ4n) is 16.2. The first-order valence-corrected chi connectivity index (χ1v) is 31.4. The van der Waals surface area contributed by atoms with Gasteiger partial charge in [-0.15, -0.1) is 0 Å². The molecule has 12 heteroatoms. The highest BCUT2D eigenvalue weighted by atomic mass is 15.2. The molecule has 6 aliphatic heterocycles. The Kier molecular flexibility index (Phi) is 11.3. The summed E-state index contributed by atoms with van der Waals surface area (Å²) < 4.78 is 0. The lowest BCUT2D eigenvalue weighted by Gasteiger charge is -2.48. The van der Waals surface area contributed by atoms with Gasteiger partial charge in [-0.25, -0.2) is 0 Å². The van der Waals surface area contributed by atoms with E-state index in [-0.39, 0.29) is 20.1 Å². The molecule has 0 bridgehead atoms. The summed E-state index contributed by atoms with van der Waals surface area (Å²) in [5.41, 5.74) is 29.4. The monoisotopic (exact) mass is 1180 g/mol. The molecule has 0 aromatic heterocycles. The maximum atomic E-state index is 11.4. The first kappa shape index (κ1) is 52.3. The molecule has 13 aromatic rings. The number of anilines is 18. The summed E-state index contributed by atoms with van der Waals surface area (Å²) in [7, 11) is 0. The van der Waals surface area contributed by atoms with Gasteiger partial charge in [0, 0.05) is 102 Å². The Morgan fingerprint density at radius 1 is 0.194 bits per heavy atom. The number of nitrogens with zero attached hydrogens (tertiary/aromatic N) is 9. The highest BCUT2D eigenvalue weighted by molar-refractivity contribution is 7.04. The van der Waals surface area contributed by atoms with E-state index in [1.807, 2.05) is 0 Å². The Morgan fingerprint density at radius 3 is 0.634 bits per heavy atom. The van der Waals surface area contributed by atoms with E-state index in [0.717, 1.165) is 152 Å². The van der Waals surface area contributed by atoms with Crippen LogP contribution in [-0.2, 0) is 0 Å². The van der Waals surface area contributed by atoms with Gasteiger partial charge in [-0.05, 0) is 183 Å². The summed E-state index contributed by atoms with van der Waals surface area (Å²) in [6.07, 6.45) is 0. The van der Waals surface area contributed by atoms with Crippen LogP contribution in [0.4, 0.5) is 102 Å². The van der Waals surface area contributed by atoms with Crippen LogP contribution in [0.15, 0.2) is 291 Å². The van der Waals surface area contributed by atoms with Gasteiger partial charge in [-0.3, -0.25) is 0 Å². The van der Waals surface area contributed by atoms with Crippen LogP contribution in [0.2, 0.25) is 0 Å². The summed E-state index contributed by atoms with van der Waals surface area (Å²) in [6.45, 7) is -0.920. The minimum atomic E-state index is -0.387. The van der Waals surface area contributed by atoms with Crippen LogP contribution in [0.5, 0.6) is 0 Å². The summed E-state index contributed by atoms with van der Waals surface area (Å²) in [4.78, 5) is 14.2. The number of rotatable bonds is 6. The van der Waals surface area contributed by atoms with Crippen LogP contribution in [0.3, 0.4) is 0 Å². The standard InChI is InChI=1S/C81H48B3N9/c85-49-52-39-73-79-75(41-52)90(57-27-11-3-12-28-57)69-47-71-65(45-63(69)82(79)61-35-19-21-37-67(61)88(73)55-23-7-1-8-24-55)84-66-46-64-70(48-72(66)93(60-33-17-6-18-34-60)78-44-54(51-87)43-77(81(78)84)92(71)59-31-15-5-16-32-59)91(58-29-13-4-14-30-58)76-42-53(50-86)40-74-80(76)83(64)62-36-20-22-38-68(62)89(74)56-25-9-2-10-26-56/h1-48H. The normalized spacial score (nSPS) is 13.6. The predicted molar refractivity (Wildman–Crippen MR) is 383 cm³/mol. The molecule has 6 heterocycles. The van der Waals surface area contributed by atoms with Gasteiger partial charge in [0.2, 0.25) is 0 Å². The van der Waals surface area contributed by atoms with Crippen LogP contribution in [-0.4, -0.2) is 20.1 Å². The zero-order valence-electron chi connectivity index (χ0n) is 50.0. The molecule has 0 unspecified atom stereocenters. The highest BCUT2D eigenvalue weighted by Gasteiger charge is 2.51. The zero-order chi connectivity index (χ0) is 61.6. The summed E-state index contributed by atoms with van der Waals surface area (Å²) in [5, 5.41) is 33.6. The molecule has 9 nitrogen and oxygen atoms in total. The van der Waals surface area contributed by atoms with Gasteiger partial charge >= 0.3 is 0 Å². The second-order valence-electron chi connectivity index (χ2n) is 24.5. The molecule has 0 saturated carbocycles. The minimum Gasteiger partial charge on any atom is -0.311 e. The van der Waals surface area contributed by atoms with E-state index in [1.54, 1.807) is 0 Å². The van der Waals surface area contributed by atoms with Crippen molar-refractivity contribution in [2.75, 3.05) is 29.4 Å². The van der Waals surface area contributed by atoms with Crippen LogP contribution in [0.1, 0.15) is 16.7 Å². The lowest BCUT2D eigenvalue weighted by atomic mass is 9.29. The van der Waals surface area contributed by atoms with E-state index >= 15 is 0 Å². The molecule has 0 aliphatic carbocycles. The predicted octanol–water partition coefficient (Wildman–Crippen LogP) is 13.5. The number of nitriles is 3. The minimum absolute atomic E-state index is 0.266. The molecule has 0 N–H and O–H groups in total. The van der Waals surface area contributed by atoms with E-state index < -0.39 is 0 Å². The first-order chi connectivity index (χ1) is 46.0. The average molecular weight is 1180 g/mol. The molecule has 93 heavy (non-hydrogen) atoms. The van der Waals surface area contributed by atoms with Crippen molar-refractivity contribution in [2.45, 2.75) is 0 Å². The zero-order valence-corrected chi connectivity index (χ0v) is 50.0. The molecule has 0 atom stereocenters. The molecular formula is C81H48B3N9. The van der Waals surface area contributed by atoms with Crippen molar-refractivity contribution in [3.63, 3.8) is 0 Å². The van der Waals surface area contributed by atoms with Gasteiger partial charge in [0.05, 0.1) is 34.9 Å². The summed E-state index contributed by atoms with van der Waals surface area (Å²) in [6, 6.07) is 111. The maximum Gasteiger partial charge on any atom is 0.252 e. The van der Waals surface area contributed by atoms with Crippen molar-refractivity contribution in [1.29, 1.82) is 15.8 Å². The number of hydrogen-bond donors (Lipinski definition) is 0. The van der Waals surface area contributed by atoms with E-state index in [2.05, 4.69) is 339 Å². The molecule has 426 valence electrons. The van der Waals surface area contributed by atoms with Crippen LogP contribution < -0.4 is 78.6 Å². The molecular weight excluding hydrogens is 1130 g/mol. The summed E-state index contributed by atoms with van der Waals surface area (Å²) in [5.74, 6) is 0. The second kappa shape index (κ2) is 20.2. The lowest BCUT2D eigenvalue weighted by Crippen LogP contribution is -2.66. The Balaban J connectivity index is 0.951. The summed E-state index contributed by atoms with van der Waals surface area (Å²) >= 11 is 0. The smallest absolute Gasteiger partial charge is 0.252 e. The molecule has 0 spiro atoms. The molecule has 0 amide bonds. The Morgan fingerprint density at radius 2 is 0.398 bits per heavy atom. The first-order valence-electron chi connectivity index (χ1n) is 31.4. The van der Waals surface area contributed by atoms with Crippen molar-refractivity contribution < 1.29 is 0 Å². The molecule has 19 rings (SSSR count). The lowest BCUT2D eigenvalue weighted by molar-refractivity contribution is 1.22. The third kappa shape index (κ3) is 7.51. The van der Waals surface area contributed by atoms with Gasteiger partial charge in [-0.2, -0.15) is 15.8 Å². The third-order valence-electron chi connectivity index (χ3n) is 19.7. The number of para-hydroxylation sites is 8. The van der Waals surface area contributed by atoms with Gasteiger partial charge < -0.3 is 29.4 Å². The van der Waals surface area contributed by atoms with E-state index in [4.69, 9.17) is 0 Å².